The second-order valence-electron chi connectivity index (χ2n) is 8.54. The molecule has 2 aromatic rings. The third kappa shape index (κ3) is 4.94. The van der Waals surface area contributed by atoms with Crippen LogP contribution in [-0.4, -0.2) is 20.1 Å². The van der Waals surface area contributed by atoms with Gasteiger partial charge in [0.1, 0.15) is 11.1 Å². The molecule has 1 heterocycles. The number of fused-ring (bicyclic) bond motifs is 1. The van der Waals surface area contributed by atoms with Gasteiger partial charge in [-0.1, -0.05) is 33.3 Å². The second kappa shape index (κ2) is 9.57. The highest BCUT2D eigenvalue weighted by atomic mass is 32.1. The van der Waals surface area contributed by atoms with Crippen LogP contribution < -0.4 is 14.8 Å². The van der Waals surface area contributed by atoms with Crippen molar-refractivity contribution >= 4 is 28.3 Å². The van der Waals surface area contributed by atoms with Gasteiger partial charge in [0.25, 0.3) is 0 Å². The minimum absolute atomic E-state index is 0.254. The van der Waals surface area contributed by atoms with Crippen molar-refractivity contribution in [2.24, 2.45) is 11.3 Å². The van der Waals surface area contributed by atoms with Gasteiger partial charge in [0.05, 0.1) is 19.8 Å². The Morgan fingerprint density at radius 3 is 2.71 bits per heavy atom. The zero-order valence-corrected chi connectivity index (χ0v) is 19.7. The molecule has 0 aliphatic heterocycles. The Labute approximate surface area is 188 Å². The smallest absolute Gasteiger partial charge is 0.249 e. The molecule has 6 heteroatoms. The predicted molar refractivity (Wildman–Crippen MR) is 126 cm³/mol. The first-order valence-corrected chi connectivity index (χ1v) is 11.4. The van der Waals surface area contributed by atoms with Gasteiger partial charge in [-0.25, -0.2) is 0 Å². The number of nitriles is 1. The average Bonchev–Trinajstić information content (AvgIpc) is 3.13. The number of carbonyl (C=O) groups is 1. The van der Waals surface area contributed by atoms with Gasteiger partial charge in [0, 0.05) is 11.0 Å². The Morgan fingerprint density at radius 2 is 2.06 bits per heavy atom. The lowest BCUT2D eigenvalue weighted by atomic mass is 9.69. The zero-order chi connectivity index (χ0) is 22.6. The first-order valence-electron chi connectivity index (χ1n) is 10.6. The number of methoxy groups -OCH3 is 2. The summed E-state index contributed by atoms with van der Waals surface area (Å²) in [5.41, 5.74) is 2.85. The van der Waals surface area contributed by atoms with E-state index in [2.05, 4.69) is 32.2 Å². The minimum Gasteiger partial charge on any atom is -0.493 e. The first-order chi connectivity index (χ1) is 14.8. The minimum atomic E-state index is -0.254. The monoisotopic (exact) mass is 438 g/mol. The van der Waals surface area contributed by atoms with E-state index < -0.39 is 0 Å². The highest BCUT2D eigenvalue weighted by Gasteiger charge is 2.34. The Bertz CT molecular complexity index is 1030. The highest BCUT2D eigenvalue weighted by Crippen LogP contribution is 2.45. The zero-order valence-electron chi connectivity index (χ0n) is 18.9. The molecule has 1 amide bonds. The van der Waals surface area contributed by atoms with Gasteiger partial charge in [-0.3, -0.25) is 4.79 Å². The summed E-state index contributed by atoms with van der Waals surface area (Å²) in [6.45, 7) is 6.88. The normalized spacial score (nSPS) is 15.9. The molecular formula is C25H30N2O3S. The van der Waals surface area contributed by atoms with Crippen LogP contribution in [0.3, 0.4) is 0 Å². The maximum absolute atomic E-state index is 12.6. The number of amides is 1. The largest absolute Gasteiger partial charge is 0.493 e. The number of carbonyl (C=O) groups excluding carboxylic acids is 1. The molecule has 3 rings (SSSR count). The molecule has 1 unspecified atom stereocenters. The maximum atomic E-state index is 12.6. The number of hydrogen-bond acceptors (Lipinski definition) is 5. The van der Waals surface area contributed by atoms with Crippen molar-refractivity contribution in [3.8, 4) is 17.6 Å². The molecular weight excluding hydrogens is 408 g/mol. The number of anilines is 1. The van der Waals surface area contributed by atoms with E-state index in [9.17, 15) is 10.1 Å². The van der Waals surface area contributed by atoms with E-state index in [0.29, 0.717) is 28.0 Å². The summed E-state index contributed by atoms with van der Waals surface area (Å²) in [5.74, 6) is 1.59. The predicted octanol–water partition coefficient (Wildman–Crippen LogP) is 5.83. The third-order valence-electron chi connectivity index (χ3n) is 6.46. The molecule has 5 nitrogen and oxygen atoms in total. The number of ether oxygens (including phenoxy) is 2. The number of thiophene rings is 1. The molecule has 31 heavy (non-hydrogen) atoms. The first kappa shape index (κ1) is 22.9. The van der Waals surface area contributed by atoms with E-state index >= 15 is 0 Å². The summed E-state index contributed by atoms with van der Waals surface area (Å²) in [6.07, 6.45) is 7.30. The summed E-state index contributed by atoms with van der Waals surface area (Å²) in [6, 6.07) is 7.78. The van der Waals surface area contributed by atoms with Crippen LogP contribution in [0.2, 0.25) is 0 Å². The molecule has 1 aromatic carbocycles. The molecule has 0 spiro atoms. The van der Waals surface area contributed by atoms with Gasteiger partial charge >= 0.3 is 0 Å². The standard InChI is InChI=1S/C25H30N2O3S/c1-6-25(2,3)17-9-10-18-19(15-26)24(31-22(18)14-17)27-23(28)12-8-16-7-11-20(29-4)21(13-16)30-5/h7-8,11-13,17H,6,9-10,14H2,1-5H3,(H,27,28). The Balaban J connectivity index is 1.75. The molecule has 0 radical (unpaired) electrons. The quantitative estimate of drug-likeness (QED) is 0.552. The van der Waals surface area contributed by atoms with Gasteiger partial charge < -0.3 is 14.8 Å². The van der Waals surface area contributed by atoms with Crippen LogP contribution in [0.25, 0.3) is 6.08 Å². The fraction of sp³-hybridized carbons (Fsp3) is 0.440. The molecule has 1 N–H and O–H groups in total. The molecule has 0 saturated carbocycles. The topological polar surface area (TPSA) is 71.3 Å². The second-order valence-corrected chi connectivity index (χ2v) is 9.64. The third-order valence-corrected chi connectivity index (χ3v) is 7.63. The van der Waals surface area contributed by atoms with Crippen LogP contribution >= 0.6 is 11.3 Å². The van der Waals surface area contributed by atoms with Gasteiger partial charge in [-0.05, 0) is 59.9 Å². The van der Waals surface area contributed by atoms with E-state index in [1.54, 1.807) is 37.7 Å². The van der Waals surface area contributed by atoms with Gasteiger partial charge in [-0.2, -0.15) is 5.26 Å². The molecule has 164 valence electrons. The number of hydrogen-bond donors (Lipinski definition) is 1. The van der Waals surface area contributed by atoms with Gasteiger partial charge in [0.2, 0.25) is 5.91 Å². The van der Waals surface area contributed by atoms with Crippen LogP contribution in [0.1, 0.15) is 55.2 Å². The van der Waals surface area contributed by atoms with Crippen molar-refractivity contribution in [2.45, 2.75) is 46.5 Å². The van der Waals surface area contributed by atoms with E-state index in [1.807, 2.05) is 12.1 Å². The Hall–Kier alpha value is -2.78. The maximum Gasteiger partial charge on any atom is 0.249 e. The summed E-state index contributed by atoms with van der Waals surface area (Å²) in [4.78, 5) is 13.8. The van der Waals surface area contributed by atoms with E-state index in [1.165, 1.54) is 11.0 Å². The van der Waals surface area contributed by atoms with E-state index in [-0.39, 0.29) is 11.3 Å². The fourth-order valence-corrected chi connectivity index (χ4v) is 5.31. The SMILES string of the molecule is CCC(C)(C)C1CCc2c(sc(NC(=O)C=Cc3ccc(OC)c(OC)c3)c2C#N)C1. The van der Waals surface area contributed by atoms with Crippen molar-refractivity contribution in [3.63, 3.8) is 0 Å². The van der Waals surface area contributed by atoms with Crippen molar-refractivity contribution in [2.75, 3.05) is 19.5 Å². The lowest BCUT2D eigenvalue weighted by molar-refractivity contribution is -0.111. The lowest BCUT2D eigenvalue weighted by Gasteiger charge is -2.36. The molecule has 1 atom stereocenters. The number of nitrogens with zero attached hydrogens (tertiary/aromatic N) is 1. The van der Waals surface area contributed by atoms with Gasteiger partial charge in [0.15, 0.2) is 11.5 Å². The number of nitrogens with one attached hydrogen (secondary N) is 1. The molecule has 0 fully saturated rings. The number of rotatable bonds is 7. The van der Waals surface area contributed by atoms with Crippen molar-refractivity contribution in [1.82, 2.24) is 0 Å². The molecule has 1 aliphatic rings. The average molecular weight is 439 g/mol. The van der Waals surface area contributed by atoms with Gasteiger partial charge in [-0.15, -0.1) is 11.3 Å². The van der Waals surface area contributed by atoms with Crippen molar-refractivity contribution in [1.29, 1.82) is 5.26 Å². The molecule has 1 aromatic heterocycles. The number of benzene rings is 1. The summed E-state index contributed by atoms with van der Waals surface area (Å²) in [7, 11) is 3.16. The van der Waals surface area contributed by atoms with E-state index in [4.69, 9.17) is 9.47 Å². The lowest BCUT2D eigenvalue weighted by Crippen LogP contribution is -2.28. The van der Waals surface area contributed by atoms with Crippen LogP contribution in [0.4, 0.5) is 5.00 Å². The Kier molecular flexibility index (Phi) is 7.07. The van der Waals surface area contributed by atoms with E-state index in [0.717, 1.165) is 36.8 Å². The highest BCUT2D eigenvalue weighted by molar-refractivity contribution is 7.16. The molecule has 0 bridgehead atoms. The Morgan fingerprint density at radius 1 is 1.32 bits per heavy atom. The molecule has 0 saturated heterocycles. The molecule has 1 aliphatic carbocycles. The summed E-state index contributed by atoms with van der Waals surface area (Å²) < 4.78 is 10.5. The van der Waals surface area contributed by atoms with Crippen LogP contribution in [0.5, 0.6) is 11.5 Å². The summed E-state index contributed by atoms with van der Waals surface area (Å²) in [5, 5.41) is 13.3. The van der Waals surface area contributed by atoms with Crippen molar-refractivity contribution in [3.05, 3.63) is 45.8 Å². The van der Waals surface area contributed by atoms with Crippen molar-refractivity contribution < 1.29 is 14.3 Å². The summed E-state index contributed by atoms with van der Waals surface area (Å²) >= 11 is 1.55. The van der Waals surface area contributed by atoms with Crippen LogP contribution in [0.15, 0.2) is 24.3 Å². The van der Waals surface area contributed by atoms with Crippen LogP contribution in [0, 0.1) is 22.7 Å². The van der Waals surface area contributed by atoms with Crippen LogP contribution in [-0.2, 0) is 17.6 Å². The fourth-order valence-electron chi connectivity index (χ4n) is 4.03.